The van der Waals surface area contributed by atoms with Gasteiger partial charge in [0.1, 0.15) is 12.9 Å². The fraction of sp³-hybridized carbons (Fsp3) is 0.261. The molecule has 0 unspecified atom stereocenters. The molecule has 4 aromatic rings. The fourth-order valence-corrected chi connectivity index (χ4v) is 6.33. The second kappa shape index (κ2) is 9.48. The number of hydrogen-bond acceptors (Lipinski definition) is 7. The van der Waals surface area contributed by atoms with E-state index < -0.39 is 10.0 Å². The van der Waals surface area contributed by atoms with Crippen molar-refractivity contribution >= 4 is 60.8 Å². The van der Waals surface area contributed by atoms with Crippen LogP contribution in [0.15, 0.2) is 66.0 Å². The molecule has 0 spiro atoms. The second-order valence-electron chi connectivity index (χ2n) is 8.35. The van der Waals surface area contributed by atoms with E-state index >= 15 is 0 Å². The van der Waals surface area contributed by atoms with Gasteiger partial charge in [0.2, 0.25) is 11.0 Å². The quantitative estimate of drug-likeness (QED) is 0.408. The van der Waals surface area contributed by atoms with E-state index in [1.807, 2.05) is 46.9 Å². The summed E-state index contributed by atoms with van der Waals surface area (Å²) < 4.78 is 33.2. The molecule has 0 bridgehead atoms. The van der Waals surface area contributed by atoms with Gasteiger partial charge in [0.05, 0.1) is 15.4 Å². The lowest BCUT2D eigenvalue weighted by Gasteiger charge is -2.41. The Morgan fingerprint density at radius 3 is 2.69 bits per heavy atom. The molecule has 0 radical (unpaired) electrons. The summed E-state index contributed by atoms with van der Waals surface area (Å²) in [7, 11) is -3.73. The van der Waals surface area contributed by atoms with Gasteiger partial charge in [-0.25, -0.2) is 13.4 Å². The highest BCUT2D eigenvalue weighted by molar-refractivity contribution is 7.93. The number of fused-ring (bicyclic) bond motifs is 1. The molecule has 182 valence electrons. The highest BCUT2D eigenvalue weighted by Crippen LogP contribution is 2.26. The molecule has 1 aliphatic rings. The summed E-state index contributed by atoms with van der Waals surface area (Å²) in [6.07, 6.45) is 3.19. The fourth-order valence-electron chi connectivity index (χ4n) is 4.37. The molecule has 1 N–H and O–H groups in total. The van der Waals surface area contributed by atoms with Gasteiger partial charge in [0.25, 0.3) is 10.0 Å². The van der Waals surface area contributed by atoms with Gasteiger partial charge in [-0.15, -0.1) is 0 Å². The summed E-state index contributed by atoms with van der Waals surface area (Å²) in [5.74, 6) is 0.0405. The van der Waals surface area contributed by atoms with Crippen LogP contribution in [0.1, 0.15) is 6.92 Å². The van der Waals surface area contributed by atoms with Crippen LogP contribution in [0.2, 0.25) is 5.02 Å². The Morgan fingerprint density at radius 1 is 1.17 bits per heavy atom. The van der Waals surface area contributed by atoms with Crippen molar-refractivity contribution in [2.45, 2.75) is 24.4 Å². The van der Waals surface area contributed by atoms with Crippen LogP contribution >= 0.6 is 23.1 Å². The number of sulfonamides is 1. The number of benzene rings is 2. The predicted molar refractivity (Wildman–Crippen MR) is 137 cm³/mol. The van der Waals surface area contributed by atoms with E-state index in [0.717, 1.165) is 28.1 Å². The molecule has 12 heteroatoms. The maximum Gasteiger partial charge on any atom is 0.263 e. The van der Waals surface area contributed by atoms with Gasteiger partial charge in [-0.05, 0) is 43.3 Å². The Bertz CT molecular complexity index is 1450. The Labute approximate surface area is 212 Å². The van der Waals surface area contributed by atoms with Crippen LogP contribution in [0.25, 0.3) is 10.9 Å². The third kappa shape index (κ3) is 4.84. The minimum absolute atomic E-state index is 0.00368. The lowest BCUT2D eigenvalue weighted by atomic mass is 10.1. The minimum Gasteiger partial charge on any atom is -0.368 e. The van der Waals surface area contributed by atoms with Gasteiger partial charge in [0, 0.05) is 54.5 Å². The van der Waals surface area contributed by atoms with Crippen molar-refractivity contribution in [2.24, 2.45) is 0 Å². The smallest absolute Gasteiger partial charge is 0.263 e. The number of para-hydroxylation sites is 1. The van der Waals surface area contributed by atoms with E-state index in [-0.39, 0.29) is 28.5 Å². The summed E-state index contributed by atoms with van der Waals surface area (Å²) in [4.78, 5) is 21.2. The first kappa shape index (κ1) is 23.6. The van der Waals surface area contributed by atoms with Crippen LogP contribution in [-0.4, -0.2) is 58.8 Å². The topological polar surface area (TPSA) is 100 Å². The maximum absolute atomic E-state index is 13.1. The van der Waals surface area contributed by atoms with Crippen molar-refractivity contribution in [1.29, 1.82) is 0 Å². The number of nitrogens with zero attached hydrogens (tertiary/aromatic N) is 5. The highest BCUT2D eigenvalue weighted by Gasteiger charge is 2.28. The molecule has 3 heterocycles. The first-order chi connectivity index (χ1) is 16.8. The molecule has 5 rings (SSSR count). The van der Waals surface area contributed by atoms with Gasteiger partial charge < -0.3 is 14.4 Å². The lowest BCUT2D eigenvalue weighted by Crippen LogP contribution is -2.54. The van der Waals surface area contributed by atoms with Crippen LogP contribution in [0, 0.1) is 0 Å². The zero-order chi connectivity index (χ0) is 24.6. The molecular formula is C23H23ClN6O3S2. The number of rotatable bonds is 6. The number of aromatic nitrogens is 3. The standard InChI is InChI=1S/C23H23ClN6O3S2/c1-16-13-28(18-5-7-19(8-6-18)35(32,33)27-23-25-15-26-34-23)11-12-30(16)21(31)14-29-10-9-17-3-2-4-20(24)22(17)29/h2-10,15-16H,11-14H2,1H3,(H,25,26,27)/t16-/m0/s1. The maximum atomic E-state index is 13.1. The summed E-state index contributed by atoms with van der Waals surface area (Å²) in [6.45, 7) is 4.12. The SMILES string of the molecule is C[C@H]1CN(c2ccc(S(=O)(=O)Nc3ncns3)cc2)CCN1C(=O)Cn1ccc2cccc(Cl)c21. The molecule has 1 atom stereocenters. The lowest BCUT2D eigenvalue weighted by molar-refractivity contribution is -0.134. The number of halogens is 1. The van der Waals surface area contributed by atoms with Gasteiger partial charge >= 0.3 is 0 Å². The van der Waals surface area contributed by atoms with Gasteiger partial charge in [-0.1, -0.05) is 23.7 Å². The summed E-state index contributed by atoms with van der Waals surface area (Å²) in [5.41, 5.74) is 1.77. The van der Waals surface area contributed by atoms with E-state index in [4.69, 9.17) is 11.6 Å². The first-order valence-electron chi connectivity index (χ1n) is 11.0. The van der Waals surface area contributed by atoms with E-state index in [9.17, 15) is 13.2 Å². The molecule has 1 fully saturated rings. The average molecular weight is 531 g/mol. The molecule has 0 aliphatic carbocycles. The van der Waals surface area contributed by atoms with Gasteiger partial charge in [0.15, 0.2) is 0 Å². The first-order valence-corrected chi connectivity index (χ1v) is 13.6. The zero-order valence-electron chi connectivity index (χ0n) is 18.8. The third-order valence-corrected chi connectivity index (χ3v) is 8.46. The van der Waals surface area contributed by atoms with E-state index in [1.54, 1.807) is 24.3 Å². The number of piperazine rings is 1. The van der Waals surface area contributed by atoms with Gasteiger partial charge in [-0.2, -0.15) is 4.37 Å². The summed E-state index contributed by atoms with van der Waals surface area (Å²) in [5, 5.41) is 1.85. The summed E-state index contributed by atoms with van der Waals surface area (Å²) in [6, 6.07) is 14.4. The van der Waals surface area contributed by atoms with Crippen LogP contribution in [-0.2, 0) is 21.4 Å². The molecule has 2 aromatic carbocycles. The van der Waals surface area contributed by atoms with Crippen molar-refractivity contribution in [3.63, 3.8) is 0 Å². The number of anilines is 2. The number of carbonyl (C=O) groups is 1. The Balaban J connectivity index is 1.23. The summed E-state index contributed by atoms with van der Waals surface area (Å²) >= 11 is 7.34. The number of carbonyl (C=O) groups excluding carboxylic acids is 1. The monoisotopic (exact) mass is 530 g/mol. The normalized spacial score (nSPS) is 16.6. The van der Waals surface area contributed by atoms with Crippen molar-refractivity contribution in [3.8, 4) is 0 Å². The van der Waals surface area contributed by atoms with Crippen LogP contribution < -0.4 is 9.62 Å². The van der Waals surface area contributed by atoms with E-state index in [1.165, 1.54) is 6.33 Å². The van der Waals surface area contributed by atoms with Crippen molar-refractivity contribution in [3.05, 3.63) is 66.1 Å². The molecule has 1 amide bonds. The van der Waals surface area contributed by atoms with Crippen molar-refractivity contribution in [2.75, 3.05) is 29.3 Å². The Morgan fingerprint density at radius 2 is 1.97 bits per heavy atom. The van der Waals surface area contributed by atoms with Crippen molar-refractivity contribution in [1.82, 2.24) is 18.8 Å². The molecular weight excluding hydrogens is 508 g/mol. The highest BCUT2D eigenvalue weighted by atomic mass is 35.5. The van der Waals surface area contributed by atoms with E-state index in [2.05, 4.69) is 19.0 Å². The molecule has 9 nitrogen and oxygen atoms in total. The largest absolute Gasteiger partial charge is 0.368 e. The molecule has 35 heavy (non-hydrogen) atoms. The molecule has 0 saturated carbocycles. The second-order valence-corrected chi connectivity index (χ2v) is 11.2. The van der Waals surface area contributed by atoms with Crippen molar-refractivity contribution < 1.29 is 13.2 Å². The van der Waals surface area contributed by atoms with Crippen LogP contribution in [0.4, 0.5) is 10.8 Å². The number of hydrogen-bond donors (Lipinski definition) is 1. The Kier molecular flexibility index (Phi) is 6.39. The molecule has 1 aliphatic heterocycles. The molecule has 1 saturated heterocycles. The van der Waals surface area contributed by atoms with Crippen LogP contribution in [0.3, 0.4) is 0 Å². The number of nitrogens with one attached hydrogen (secondary N) is 1. The average Bonchev–Trinajstić information content (AvgIpc) is 3.49. The van der Waals surface area contributed by atoms with E-state index in [0.29, 0.717) is 24.7 Å². The zero-order valence-corrected chi connectivity index (χ0v) is 21.2. The number of amides is 1. The van der Waals surface area contributed by atoms with Gasteiger partial charge in [-0.3, -0.25) is 9.52 Å². The predicted octanol–water partition coefficient (Wildman–Crippen LogP) is 3.68. The third-order valence-electron chi connectivity index (χ3n) is 6.09. The molecule has 2 aromatic heterocycles. The Hall–Kier alpha value is -3.15. The minimum atomic E-state index is -3.73. The van der Waals surface area contributed by atoms with Crippen LogP contribution in [0.5, 0.6) is 0 Å².